The Morgan fingerprint density at radius 1 is 1.53 bits per heavy atom. The van der Waals surface area contributed by atoms with Crippen LogP contribution in [-0.2, 0) is 11.2 Å². The summed E-state index contributed by atoms with van der Waals surface area (Å²) in [6.07, 6.45) is 1.13. The van der Waals surface area contributed by atoms with Crippen molar-refractivity contribution in [2.75, 3.05) is 7.05 Å². The van der Waals surface area contributed by atoms with Crippen LogP contribution in [0.15, 0.2) is 16.8 Å². The minimum Gasteiger partial charge on any atom is -0.480 e. The molecule has 1 aromatic heterocycles. The molecule has 2 amide bonds. The first kappa shape index (κ1) is 15.5. The van der Waals surface area contributed by atoms with Gasteiger partial charge in [0.05, 0.1) is 0 Å². The van der Waals surface area contributed by atoms with Crippen molar-refractivity contribution in [3.05, 3.63) is 22.4 Å². The number of likely N-dealkylation sites (N-methyl/N-ethyl adjacent to an activating group) is 1. The molecular formula is C13H20N2O3S. The number of rotatable bonds is 6. The molecule has 19 heavy (non-hydrogen) atoms. The molecule has 0 aliphatic rings. The lowest BCUT2D eigenvalue weighted by molar-refractivity contribution is -0.141. The van der Waals surface area contributed by atoms with Crippen molar-refractivity contribution in [1.82, 2.24) is 10.2 Å². The van der Waals surface area contributed by atoms with Crippen LogP contribution in [0.5, 0.6) is 0 Å². The van der Waals surface area contributed by atoms with Gasteiger partial charge in [-0.15, -0.1) is 0 Å². The van der Waals surface area contributed by atoms with E-state index in [9.17, 15) is 9.59 Å². The highest BCUT2D eigenvalue weighted by Gasteiger charge is 2.25. The summed E-state index contributed by atoms with van der Waals surface area (Å²) in [7, 11) is 1.51. The predicted octanol–water partition coefficient (Wildman–Crippen LogP) is 2.18. The van der Waals surface area contributed by atoms with Crippen molar-refractivity contribution in [2.24, 2.45) is 0 Å². The number of carboxylic acid groups (broad SMARTS) is 1. The number of carboxylic acids is 1. The zero-order chi connectivity index (χ0) is 14.4. The van der Waals surface area contributed by atoms with Gasteiger partial charge in [-0.3, -0.25) is 0 Å². The van der Waals surface area contributed by atoms with Gasteiger partial charge in [-0.2, -0.15) is 11.3 Å². The van der Waals surface area contributed by atoms with E-state index in [2.05, 4.69) is 5.32 Å². The summed E-state index contributed by atoms with van der Waals surface area (Å²) >= 11 is 1.62. The third kappa shape index (κ3) is 4.55. The molecule has 106 valence electrons. The Morgan fingerprint density at radius 2 is 2.21 bits per heavy atom. The fourth-order valence-electron chi connectivity index (χ4n) is 1.88. The van der Waals surface area contributed by atoms with Gasteiger partial charge in [-0.05, 0) is 42.2 Å². The second-order valence-electron chi connectivity index (χ2n) is 4.56. The molecule has 0 spiro atoms. The Kier molecular flexibility index (Phi) is 5.82. The molecule has 0 aromatic carbocycles. The number of aliphatic carboxylic acids is 1. The molecule has 0 fully saturated rings. The molecule has 2 unspecified atom stereocenters. The summed E-state index contributed by atoms with van der Waals surface area (Å²) in [4.78, 5) is 24.2. The highest BCUT2D eigenvalue weighted by molar-refractivity contribution is 7.07. The topological polar surface area (TPSA) is 69.6 Å². The van der Waals surface area contributed by atoms with E-state index >= 15 is 0 Å². The molecule has 0 bridgehead atoms. The predicted molar refractivity (Wildman–Crippen MR) is 75.5 cm³/mol. The fraction of sp³-hybridized carbons (Fsp3) is 0.538. The van der Waals surface area contributed by atoms with Gasteiger partial charge < -0.3 is 15.3 Å². The van der Waals surface area contributed by atoms with E-state index in [0.29, 0.717) is 6.42 Å². The quantitative estimate of drug-likeness (QED) is 0.841. The highest BCUT2D eigenvalue weighted by Crippen LogP contribution is 2.09. The molecule has 0 aliphatic heterocycles. The van der Waals surface area contributed by atoms with Crippen LogP contribution in [0, 0.1) is 0 Å². The Labute approximate surface area is 117 Å². The van der Waals surface area contributed by atoms with Crippen molar-refractivity contribution in [3.8, 4) is 0 Å². The Hall–Kier alpha value is -1.56. The number of hydrogen-bond acceptors (Lipinski definition) is 3. The molecule has 1 heterocycles. The summed E-state index contributed by atoms with van der Waals surface area (Å²) in [5, 5.41) is 15.9. The molecular weight excluding hydrogens is 264 g/mol. The fourth-order valence-corrected chi connectivity index (χ4v) is 2.56. The number of thiophene rings is 1. The Morgan fingerprint density at radius 3 is 2.68 bits per heavy atom. The SMILES string of the molecule is CCC(C(=O)O)N(C)C(=O)NC(C)Cc1ccsc1. The molecule has 1 rings (SSSR count). The summed E-state index contributed by atoms with van der Waals surface area (Å²) in [6.45, 7) is 3.66. The largest absolute Gasteiger partial charge is 0.480 e. The van der Waals surface area contributed by atoms with E-state index in [1.807, 2.05) is 23.8 Å². The molecule has 1 aromatic rings. The summed E-state index contributed by atoms with van der Waals surface area (Å²) in [6, 6.07) is 0.851. The lowest BCUT2D eigenvalue weighted by Crippen LogP contribution is -2.49. The van der Waals surface area contributed by atoms with Gasteiger partial charge in [0.2, 0.25) is 0 Å². The maximum absolute atomic E-state index is 11.9. The maximum Gasteiger partial charge on any atom is 0.326 e. The smallest absolute Gasteiger partial charge is 0.326 e. The molecule has 6 heteroatoms. The average Bonchev–Trinajstić information content (AvgIpc) is 2.81. The van der Waals surface area contributed by atoms with Crippen LogP contribution in [-0.4, -0.2) is 41.1 Å². The van der Waals surface area contributed by atoms with Gasteiger partial charge in [-0.25, -0.2) is 9.59 Å². The molecule has 0 aliphatic carbocycles. The molecule has 2 atom stereocenters. The lowest BCUT2D eigenvalue weighted by Gasteiger charge is -2.26. The van der Waals surface area contributed by atoms with E-state index in [1.165, 1.54) is 17.5 Å². The summed E-state index contributed by atoms with van der Waals surface area (Å²) in [5.74, 6) is -0.981. The maximum atomic E-state index is 11.9. The van der Waals surface area contributed by atoms with Gasteiger partial charge >= 0.3 is 12.0 Å². The van der Waals surface area contributed by atoms with Crippen LogP contribution in [0.3, 0.4) is 0 Å². The normalized spacial score (nSPS) is 13.6. The highest BCUT2D eigenvalue weighted by atomic mass is 32.1. The number of nitrogens with one attached hydrogen (secondary N) is 1. The van der Waals surface area contributed by atoms with Crippen LogP contribution in [0.25, 0.3) is 0 Å². The number of hydrogen-bond donors (Lipinski definition) is 2. The third-order valence-corrected chi connectivity index (χ3v) is 3.68. The first-order chi connectivity index (χ1) is 8.95. The van der Waals surface area contributed by atoms with Gasteiger partial charge in [-0.1, -0.05) is 6.92 Å². The molecule has 0 saturated carbocycles. The minimum absolute atomic E-state index is 0.0316. The molecule has 2 N–H and O–H groups in total. The molecule has 0 saturated heterocycles. The van der Waals surface area contributed by atoms with Crippen LogP contribution < -0.4 is 5.32 Å². The van der Waals surface area contributed by atoms with Crippen LogP contribution in [0.2, 0.25) is 0 Å². The Balaban J connectivity index is 2.51. The monoisotopic (exact) mass is 284 g/mol. The lowest BCUT2D eigenvalue weighted by atomic mass is 10.1. The first-order valence-electron chi connectivity index (χ1n) is 6.22. The number of amides is 2. The van der Waals surface area contributed by atoms with Crippen LogP contribution in [0.1, 0.15) is 25.8 Å². The van der Waals surface area contributed by atoms with Gasteiger partial charge in [0.1, 0.15) is 6.04 Å². The van der Waals surface area contributed by atoms with Crippen molar-refractivity contribution in [1.29, 1.82) is 0 Å². The standard InChI is InChI=1S/C13H20N2O3S/c1-4-11(12(16)17)15(3)13(18)14-9(2)7-10-5-6-19-8-10/h5-6,8-9,11H,4,7H2,1-3H3,(H,14,18)(H,16,17). The van der Waals surface area contributed by atoms with Crippen molar-refractivity contribution >= 4 is 23.3 Å². The van der Waals surface area contributed by atoms with E-state index in [4.69, 9.17) is 5.11 Å². The zero-order valence-corrected chi connectivity index (χ0v) is 12.2. The third-order valence-electron chi connectivity index (χ3n) is 2.95. The van der Waals surface area contributed by atoms with E-state index in [1.54, 1.807) is 18.3 Å². The van der Waals surface area contributed by atoms with Crippen LogP contribution >= 0.6 is 11.3 Å². The van der Waals surface area contributed by atoms with E-state index < -0.39 is 12.0 Å². The van der Waals surface area contributed by atoms with Crippen molar-refractivity contribution < 1.29 is 14.7 Å². The number of nitrogens with zero attached hydrogens (tertiary/aromatic N) is 1. The number of carbonyl (C=O) groups is 2. The molecule has 0 radical (unpaired) electrons. The zero-order valence-electron chi connectivity index (χ0n) is 11.4. The minimum atomic E-state index is -0.981. The second kappa shape index (κ2) is 7.13. The van der Waals surface area contributed by atoms with Crippen molar-refractivity contribution in [2.45, 2.75) is 38.8 Å². The summed E-state index contributed by atoms with van der Waals surface area (Å²) < 4.78 is 0. The van der Waals surface area contributed by atoms with E-state index in [0.717, 1.165) is 6.42 Å². The van der Waals surface area contributed by atoms with Gasteiger partial charge in [0.15, 0.2) is 0 Å². The molecule has 5 nitrogen and oxygen atoms in total. The Bertz CT molecular complexity index is 420. The first-order valence-corrected chi connectivity index (χ1v) is 7.17. The number of urea groups is 1. The summed E-state index contributed by atoms with van der Waals surface area (Å²) in [5.41, 5.74) is 1.17. The van der Waals surface area contributed by atoms with Gasteiger partial charge in [0.25, 0.3) is 0 Å². The average molecular weight is 284 g/mol. The van der Waals surface area contributed by atoms with Crippen molar-refractivity contribution in [3.63, 3.8) is 0 Å². The van der Waals surface area contributed by atoms with E-state index in [-0.39, 0.29) is 12.1 Å². The second-order valence-corrected chi connectivity index (χ2v) is 5.34. The van der Waals surface area contributed by atoms with Gasteiger partial charge in [0, 0.05) is 13.1 Å². The van der Waals surface area contributed by atoms with Crippen LogP contribution in [0.4, 0.5) is 4.79 Å². The number of carbonyl (C=O) groups excluding carboxylic acids is 1.